The molecule has 288 valence electrons. The van der Waals surface area contributed by atoms with Gasteiger partial charge in [0.25, 0.3) is 11.6 Å². The number of carbonyl (C=O) groups excluding carboxylic acids is 2. The standard InChI is InChI=1S/C42H44N6O7Si/c1-27-40(56(2,3)54)38(20-21-45-25-35(43-44-45)33(26-49)29-11-5-4-6-12-29)55-42(27)34-23-32(48(52)53)17-18-37(34)46(41(42)51)24-28-10-9-14-31(22-28)47-36-15-8-7-13-30(36)16-19-39(47)50/h4-15,17-18,22-23,25,27,33,38,40,49,54H,16,19-21,24,26H2,1-3H3/t27-,33?,38+,40-,42+/m0/s1. The molecule has 0 radical (unpaired) electrons. The number of nitro benzene ring substituents is 1. The van der Waals surface area contributed by atoms with Gasteiger partial charge in [-0.15, -0.1) is 5.10 Å². The van der Waals surface area contributed by atoms with Gasteiger partial charge in [0.2, 0.25) is 5.91 Å². The van der Waals surface area contributed by atoms with Crippen molar-refractivity contribution in [2.75, 3.05) is 16.4 Å². The lowest BCUT2D eigenvalue weighted by Gasteiger charge is -2.32. The fourth-order valence-electron chi connectivity index (χ4n) is 9.19. The Morgan fingerprint density at radius 3 is 2.50 bits per heavy atom. The van der Waals surface area contributed by atoms with E-state index in [2.05, 4.69) is 10.3 Å². The zero-order valence-corrected chi connectivity index (χ0v) is 32.5. The number of aliphatic hydroxyl groups is 1. The normalized spacial score (nSPS) is 22.4. The van der Waals surface area contributed by atoms with E-state index in [1.165, 1.54) is 12.1 Å². The zero-order chi connectivity index (χ0) is 39.4. The van der Waals surface area contributed by atoms with Crippen LogP contribution >= 0.6 is 0 Å². The summed E-state index contributed by atoms with van der Waals surface area (Å²) in [6.45, 7) is 5.92. The van der Waals surface area contributed by atoms with Gasteiger partial charge in [-0.2, -0.15) is 0 Å². The molecule has 3 aliphatic heterocycles. The lowest BCUT2D eigenvalue weighted by Crippen LogP contribution is -2.46. The molecule has 1 saturated heterocycles. The number of aromatic nitrogens is 3. The van der Waals surface area contributed by atoms with Crippen LogP contribution in [0.15, 0.2) is 103 Å². The number of benzene rings is 4. The third kappa shape index (κ3) is 6.41. The van der Waals surface area contributed by atoms with E-state index < -0.39 is 36.4 Å². The number of anilines is 3. The van der Waals surface area contributed by atoms with E-state index in [1.54, 1.807) is 26.7 Å². The average molecular weight is 773 g/mol. The first-order valence-corrected chi connectivity index (χ1v) is 22.0. The van der Waals surface area contributed by atoms with Crippen LogP contribution in [0.5, 0.6) is 0 Å². The highest BCUT2D eigenvalue weighted by atomic mass is 28.4. The van der Waals surface area contributed by atoms with Crippen molar-refractivity contribution in [1.82, 2.24) is 15.0 Å². The third-order valence-corrected chi connectivity index (χ3v) is 14.2. The van der Waals surface area contributed by atoms with Crippen molar-refractivity contribution in [3.63, 3.8) is 0 Å². The Kier molecular flexibility index (Phi) is 9.69. The van der Waals surface area contributed by atoms with Crippen molar-refractivity contribution in [2.24, 2.45) is 5.92 Å². The Bertz CT molecular complexity index is 2310. The zero-order valence-electron chi connectivity index (χ0n) is 31.5. The van der Waals surface area contributed by atoms with Crippen LogP contribution < -0.4 is 9.80 Å². The van der Waals surface area contributed by atoms with Gasteiger partial charge in [-0.1, -0.05) is 72.8 Å². The van der Waals surface area contributed by atoms with Gasteiger partial charge in [0.15, 0.2) is 13.9 Å². The number of hydrogen-bond donors (Lipinski definition) is 2. The molecular weight excluding hydrogens is 729 g/mol. The molecule has 14 heteroatoms. The minimum absolute atomic E-state index is 0.0118. The molecule has 1 unspecified atom stereocenters. The number of non-ortho nitro benzene ring substituents is 1. The fraction of sp³-hybridized carbons (Fsp3) is 0.333. The highest BCUT2D eigenvalue weighted by molar-refractivity contribution is 6.71. The third-order valence-electron chi connectivity index (χ3n) is 11.7. The van der Waals surface area contributed by atoms with Crippen molar-refractivity contribution in [3.8, 4) is 0 Å². The Labute approximate surface area is 325 Å². The Hall–Kier alpha value is -5.54. The maximum atomic E-state index is 15.1. The van der Waals surface area contributed by atoms with E-state index in [0.29, 0.717) is 48.4 Å². The number of para-hydroxylation sites is 1. The average Bonchev–Trinajstić information content (AvgIpc) is 3.84. The number of aliphatic hydroxyl groups excluding tert-OH is 1. The van der Waals surface area contributed by atoms with Crippen LogP contribution in [0, 0.1) is 16.0 Å². The van der Waals surface area contributed by atoms with Crippen LogP contribution in [0.3, 0.4) is 0 Å². The smallest absolute Gasteiger partial charge is 0.269 e. The van der Waals surface area contributed by atoms with Crippen LogP contribution in [0.2, 0.25) is 18.6 Å². The van der Waals surface area contributed by atoms with Gasteiger partial charge in [0.05, 0.1) is 47.2 Å². The van der Waals surface area contributed by atoms with E-state index >= 15 is 4.79 Å². The molecule has 1 aromatic heterocycles. The summed E-state index contributed by atoms with van der Waals surface area (Å²) in [5, 5.41) is 31.0. The summed E-state index contributed by atoms with van der Waals surface area (Å²) in [5.41, 5.74) is 3.65. The lowest BCUT2D eigenvalue weighted by atomic mass is 9.82. The van der Waals surface area contributed by atoms with Crippen LogP contribution in [0.1, 0.15) is 53.6 Å². The first-order valence-electron chi connectivity index (χ1n) is 19.0. The second kappa shape index (κ2) is 14.5. The highest BCUT2D eigenvalue weighted by Gasteiger charge is 2.66. The van der Waals surface area contributed by atoms with Gasteiger partial charge < -0.3 is 19.5 Å². The summed E-state index contributed by atoms with van der Waals surface area (Å²) in [6, 6.07) is 29.4. The van der Waals surface area contributed by atoms with Crippen LogP contribution in [-0.4, -0.2) is 62.7 Å². The number of hydrogen-bond acceptors (Lipinski definition) is 9. The molecule has 0 bridgehead atoms. The summed E-state index contributed by atoms with van der Waals surface area (Å²) < 4.78 is 8.63. The SMILES string of the molecule is C[C@H]1[C@H]([Si](C)(C)O)[C@@H](CCn2cc(C(CO)c3ccccc3)nn2)O[C@]12C(=O)N(Cc1cccc(N3C(=O)CCc4ccccc43)c1)c1ccc([N+](=O)[O-])cc12. The summed E-state index contributed by atoms with van der Waals surface area (Å²) in [6.07, 6.45) is 2.65. The molecule has 3 aliphatic rings. The minimum atomic E-state index is -3.03. The van der Waals surface area contributed by atoms with Gasteiger partial charge >= 0.3 is 0 Å². The van der Waals surface area contributed by atoms with Crippen molar-refractivity contribution >= 4 is 42.9 Å². The minimum Gasteiger partial charge on any atom is -0.432 e. The first-order chi connectivity index (χ1) is 26.9. The van der Waals surface area contributed by atoms with Crippen molar-refractivity contribution < 1.29 is 29.2 Å². The van der Waals surface area contributed by atoms with E-state index in [9.17, 15) is 24.8 Å². The van der Waals surface area contributed by atoms with Crippen molar-refractivity contribution in [1.29, 1.82) is 0 Å². The highest BCUT2D eigenvalue weighted by Crippen LogP contribution is 2.60. The van der Waals surface area contributed by atoms with E-state index in [0.717, 1.165) is 22.4 Å². The molecule has 4 aromatic carbocycles. The predicted molar refractivity (Wildman–Crippen MR) is 212 cm³/mol. The second-order valence-electron chi connectivity index (χ2n) is 15.6. The van der Waals surface area contributed by atoms with Crippen LogP contribution in [0.25, 0.3) is 0 Å². The maximum absolute atomic E-state index is 15.1. The summed E-state index contributed by atoms with van der Waals surface area (Å²) in [5.74, 6) is -1.25. The number of ether oxygens (including phenoxy) is 1. The number of aryl methyl sites for hydroxylation is 2. The number of rotatable bonds is 11. The topological polar surface area (TPSA) is 164 Å². The first kappa shape index (κ1) is 37.4. The molecule has 4 heterocycles. The number of fused-ring (bicyclic) bond motifs is 3. The number of carbonyl (C=O) groups is 2. The fourth-order valence-corrected chi connectivity index (χ4v) is 11.8. The molecule has 8 rings (SSSR count). The summed E-state index contributed by atoms with van der Waals surface area (Å²) in [7, 11) is -3.03. The largest absolute Gasteiger partial charge is 0.432 e. The number of amides is 2. The monoisotopic (exact) mass is 772 g/mol. The van der Waals surface area contributed by atoms with E-state index in [4.69, 9.17) is 4.74 Å². The Morgan fingerprint density at radius 1 is 0.982 bits per heavy atom. The van der Waals surface area contributed by atoms with Gasteiger partial charge in [0, 0.05) is 54.0 Å². The van der Waals surface area contributed by atoms with Crippen molar-refractivity contribution in [2.45, 2.75) is 75.5 Å². The van der Waals surface area contributed by atoms with Gasteiger partial charge in [-0.25, -0.2) is 0 Å². The Morgan fingerprint density at radius 2 is 1.75 bits per heavy atom. The van der Waals surface area contributed by atoms with E-state index in [-0.39, 0.29) is 36.6 Å². The molecule has 2 amide bonds. The molecule has 56 heavy (non-hydrogen) atoms. The van der Waals surface area contributed by atoms with E-state index in [1.807, 2.05) is 98.9 Å². The second-order valence-corrected chi connectivity index (χ2v) is 19.6. The number of nitro groups is 1. The Balaban J connectivity index is 1.11. The molecule has 5 aromatic rings. The molecule has 0 aliphatic carbocycles. The quantitative estimate of drug-likeness (QED) is 0.0884. The lowest BCUT2D eigenvalue weighted by molar-refractivity contribution is -0.385. The van der Waals surface area contributed by atoms with Crippen LogP contribution in [-0.2, 0) is 39.4 Å². The molecular formula is C42H44N6O7Si. The van der Waals surface area contributed by atoms with Gasteiger partial charge in [-0.05, 0) is 66.9 Å². The van der Waals surface area contributed by atoms with Gasteiger partial charge in [-0.3, -0.25) is 29.3 Å². The molecule has 1 fully saturated rings. The molecule has 2 N–H and O–H groups in total. The molecule has 1 spiro atoms. The molecule has 5 atom stereocenters. The molecule has 13 nitrogen and oxygen atoms in total. The van der Waals surface area contributed by atoms with Gasteiger partial charge in [0.1, 0.15) is 0 Å². The summed E-state index contributed by atoms with van der Waals surface area (Å²) >= 11 is 0. The maximum Gasteiger partial charge on any atom is 0.269 e. The molecule has 0 saturated carbocycles. The predicted octanol–water partition coefficient (Wildman–Crippen LogP) is 6.36. The van der Waals surface area contributed by atoms with Crippen molar-refractivity contribution in [3.05, 3.63) is 141 Å². The number of nitrogens with zero attached hydrogens (tertiary/aromatic N) is 6. The summed E-state index contributed by atoms with van der Waals surface area (Å²) in [4.78, 5) is 55.1. The van der Waals surface area contributed by atoms with Crippen LogP contribution in [0.4, 0.5) is 22.7 Å².